The molecular weight excluding hydrogens is 745 g/mol. The summed E-state index contributed by atoms with van der Waals surface area (Å²) >= 11 is 0. The molecule has 1 N–H and O–H groups in total. The molecule has 0 aliphatic carbocycles. The van der Waals surface area contributed by atoms with Crippen LogP contribution >= 0.6 is 0 Å². The van der Waals surface area contributed by atoms with Gasteiger partial charge in [0, 0.05) is 56.1 Å². The lowest BCUT2D eigenvalue weighted by molar-refractivity contribution is 0.0664. The molecule has 2 aromatic carbocycles. The van der Waals surface area contributed by atoms with Gasteiger partial charge in [0.2, 0.25) is 5.82 Å². The quantitative estimate of drug-likeness (QED) is 0.153. The molecule has 2 aliphatic rings. The van der Waals surface area contributed by atoms with Gasteiger partial charge in [-0.25, -0.2) is 27.5 Å². The van der Waals surface area contributed by atoms with Gasteiger partial charge >= 0.3 is 0 Å². The summed E-state index contributed by atoms with van der Waals surface area (Å²) in [7, 11) is 0. The first-order valence-corrected chi connectivity index (χ1v) is 18.1. The van der Waals surface area contributed by atoms with Crippen molar-refractivity contribution in [2.75, 3.05) is 0 Å². The van der Waals surface area contributed by atoms with Crippen LogP contribution in [0.2, 0.25) is 0 Å². The van der Waals surface area contributed by atoms with Crippen LogP contribution in [-0.4, -0.2) is 69.6 Å². The number of halogens is 4. The lowest BCUT2D eigenvalue weighted by Gasteiger charge is -2.14. The zero-order valence-corrected chi connectivity index (χ0v) is 30.8. The molecule has 0 atom stereocenters. The molecule has 0 saturated carbocycles. The molecule has 0 amide bonds. The van der Waals surface area contributed by atoms with E-state index in [-0.39, 0.29) is 22.7 Å². The molecule has 14 nitrogen and oxygen atoms in total. The van der Waals surface area contributed by atoms with E-state index in [1.54, 1.807) is 38.1 Å². The van der Waals surface area contributed by atoms with E-state index in [9.17, 15) is 27.5 Å². The number of rotatable bonds is 6. The number of aliphatic hydroxyl groups is 1. The minimum Gasteiger partial charge on any atom is -0.382 e. The Hall–Kier alpha value is -6.69. The molecular formula is C39H32F4N12O2. The second kappa shape index (κ2) is 13.5. The maximum atomic E-state index is 14.6. The zero-order valence-electron chi connectivity index (χ0n) is 30.8. The number of fused-ring (bicyclic) bond motifs is 4. The summed E-state index contributed by atoms with van der Waals surface area (Å²) in [5.41, 5.74) is 3.26. The van der Waals surface area contributed by atoms with E-state index in [2.05, 4.69) is 40.6 Å². The fraction of sp³-hybridized carbons (Fsp3) is 0.256. The van der Waals surface area contributed by atoms with Gasteiger partial charge in [0.1, 0.15) is 63.3 Å². The molecule has 288 valence electrons. The van der Waals surface area contributed by atoms with Crippen molar-refractivity contribution in [2.45, 2.75) is 65.1 Å². The SMILES string of the molecule is CC(=O)c1nnc2ccc(-c3c(-c4ccc(F)cc4F)nc4n3CCC4)nn12.CC(C)(O)c1nnc2ccc(-c3c(-c4ccc(F)cc4F)nc4n3CCC4)nn12. The Morgan fingerprint density at radius 2 is 1.16 bits per heavy atom. The molecule has 0 spiro atoms. The number of aromatic nitrogens is 12. The lowest BCUT2D eigenvalue weighted by Crippen LogP contribution is -2.20. The van der Waals surface area contributed by atoms with Crippen molar-refractivity contribution in [3.05, 3.63) is 107 Å². The number of hydrogen-bond donors (Lipinski definition) is 1. The number of Topliss-reactive ketones (excluding diaryl/α,β-unsaturated/α-hetero) is 1. The number of nitrogens with zero attached hydrogens (tertiary/aromatic N) is 12. The van der Waals surface area contributed by atoms with Crippen LogP contribution in [0, 0.1) is 23.3 Å². The number of hydrogen-bond acceptors (Lipinski definition) is 10. The third-order valence-electron chi connectivity index (χ3n) is 9.90. The lowest BCUT2D eigenvalue weighted by atomic mass is 10.1. The number of benzene rings is 2. The van der Waals surface area contributed by atoms with Crippen LogP contribution in [0.15, 0.2) is 60.7 Å². The number of carbonyl (C=O) groups excluding carboxylic acids is 1. The fourth-order valence-electron chi connectivity index (χ4n) is 7.34. The highest BCUT2D eigenvalue weighted by Crippen LogP contribution is 2.38. The molecule has 8 aromatic rings. The van der Waals surface area contributed by atoms with E-state index in [0.717, 1.165) is 62.6 Å². The summed E-state index contributed by atoms with van der Waals surface area (Å²) in [6.07, 6.45) is 3.41. The first-order valence-electron chi connectivity index (χ1n) is 18.1. The molecule has 0 bridgehead atoms. The van der Waals surface area contributed by atoms with Crippen LogP contribution in [0.5, 0.6) is 0 Å². The predicted molar refractivity (Wildman–Crippen MR) is 197 cm³/mol. The zero-order chi connectivity index (χ0) is 39.7. The third kappa shape index (κ3) is 6.21. The molecule has 2 aliphatic heterocycles. The number of ketones is 1. The number of imidazole rings is 2. The van der Waals surface area contributed by atoms with Gasteiger partial charge in [-0.1, -0.05) is 0 Å². The van der Waals surface area contributed by atoms with Gasteiger partial charge in [0.05, 0.1) is 11.4 Å². The van der Waals surface area contributed by atoms with Gasteiger partial charge in [0.25, 0.3) is 0 Å². The Kier molecular flexibility index (Phi) is 8.52. The van der Waals surface area contributed by atoms with Crippen LogP contribution in [0.25, 0.3) is 56.6 Å². The largest absolute Gasteiger partial charge is 0.382 e. The maximum Gasteiger partial charge on any atom is 0.220 e. The summed E-state index contributed by atoms with van der Waals surface area (Å²) in [6, 6.07) is 13.8. The normalized spacial score (nSPS) is 13.6. The topological polar surface area (TPSA) is 159 Å². The first-order chi connectivity index (χ1) is 27.4. The average molecular weight is 777 g/mol. The predicted octanol–water partition coefficient (Wildman–Crippen LogP) is 6.19. The highest BCUT2D eigenvalue weighted by atomic mass is 19.1. The van der Waals surface area contributed by atoms with Crippen LogP contribution in [0.3, 0.4) is 0 Å². The highest BCUT2D eigenvalue weighted by Gasteiger charge is 2.29. The van der Waals surface area contributed by atoms with Gasteiger partial charge in [0.15, 0.2) is 22.9 Å². The van der Waals surface area contributed by atoms with Gasteiger partial charge in [-0.3, -0.25) is 4.79 Å². The van der Waals surface area contributed by atoms with Gasteiger partial charge in [-0.15, -0.1) is 20.4 Å². The van der Waals surface area contributed by atoms with Crippen LogP contribution in [0.1, 0.15) is 61.7 Å². The van der Waals surface area contributed by atoms with Crippen molar-refractivity contribution in [3.63, 3.8) is 0 Å². The molecule has 57 heavy (non-hydrogen) atoms. The van der Waals surface area contributed by atoms with E-state index in [4.69, 9.17) is 0 Å². The van der Waals surface area contributed by atoms with Crippen molar-refractivity contribution in [1.29, 1.82) is 0 Å². The van der Waals surface area contributed by atoms with E-state index >= 15 is 0 Å². The Bertz CT molecular complexity index is 2900. The Morgan fingerprint density at radius 3 is 1.65 bits per heavy atom. The van der Waals surface area contributed by atoms with Gasteiger partial charge in [-0.05, 0) is 75.2 Å². The number of carbonyl (C=O) groups is 1. The molecule has 0 unspecified atom stereocenters. The molecule has 8 heterocycles. The van der Waals surface area contributed by atoms with Gasteiger partial charge in [-0.2, -0.15) is 19.2 Å². The molecule has 0 saturated heterocycles. The first kappa shape index (κ1) is 36.0. The van der Waals surface area contributed by atoms with Crippen LogP contribution in [-0.2, 0) is 31.5 Å². The van der Waals surface area contributed by atoms with E-state index in [1.807, 2.05) is 9.13 Å². The van der Waals surface area contributed by atoms with Crippen molar-refractivity contribution < 1.29 is 27.5 Å². The summed E-state index contributed by atoms with van der Waals surface area (Å²) in [4.78, 5) is 21.0. The molecule has 18 heteroatoms. The maximum absolute atomic E-state index is 14.6. The highest BCUT2D eigenvalue weighted by molar-refractivity contribution is 5.91. The summed E-state index contributed by atoms with van der Waals surface area (Å²) in [6.45, 7) is 6.06. The van der Waals surface area contributed by atoms with Crippen molar-refractivity contribution in [1.82, 2.24) is 58.7 Å². The molecule has 0 radical (unpaired) electrons. The van der Waals surface area contributed by atoms with E-state index in [1.165, 1.54) is 40.2 Å². The fourth-order valence-corrected chi connectivity index (χ4v) is 7.34. The summed E-state index contributed by atoms with van der Waals surface area (Å²) in [5, 5.41) is 35.4. The minimum atomic E-state index is -1.24. The van der Waals surface area contributed by atoms with Crippen LogP contribution in [0.4, 0.5) is 17.6 Å². The van der Waals surface area contributed by atoms with Crippen molar-refractivity contribution >= 4 is 17.1 Å². The van der Waals surface area contributed by atoms with Gasteiger partial charge < -0.3 is 14.2 Å². The third-order valence-corrected chi connectivity index (χ3v) is 9.90. The Labute approximate surface area is 320 Å². The smallest absolute Gasteiger partial charge is 0.220 e. The molecule has 6 aromatic heterocycles. The standard InChI is InChI=1S/C20H18F2N6O.C19H14F2N6O/c1-20(2,29)19-25-24-16-8-7-14(26-28(16)19)18-17(23-15-4-3-9-27(15)18)12-6-5-11(21)10-13(12)22;1-10(28)19-24-23-16-7-6-14(25-27(16)19)18-17(22-15-3-2-8-26(15)18)12-5-4-11(20)9-13(12)21/h5-8,10,29H,3-4,9H2,1-2H3;4-7,9H,2-3,8H2,1H3. The summed E-state index contributed by atoms with van der Waals surface area (Å²) < 4.78 is 62.7. The van der Waals surface area contributed by atoms with E-state index in [0.29, 0.717) is 51.3 Å². The van der Waals surface area contributed by atoms with E-state index < -0.39 is 28.9 Å². The Morgan fingerprint density at radius 1 is 0.667 bits per heavy atom. The second-order valence-corrected chi connectivity index (χ2v) is 14.3. The second-order valence-electron chi connectivity index (χ2n) is 14.3. The van der Waals surface area contributed by atoms with Crippen molar-refractivity contribution in [3.8, 4) is 45.3 Å². The average Bonchev–Trinajstić information content (AvgIpc) is 4.01. The Balaban J connectivity index is 0.000000148. The molecule has 10 rings (SSSR count). The van der Waals surface area contributed by atoms with Crippen molar-refractivity contribution in [2.24, 2.45) is 0 Å². The number of aryl methyl sites for hydroxylation is 2. The minimum absolute atomic E-state index is 0.118. The monoisotopic (exact) mass is 776 g/mol. The van der Waals surface area contributed by atoms with Crippen LogP contribution < -0.4 is 0 Å². The summed E-state index contributed by atoms with van der Waals surface area (Å²) in [5.74, 6) is -0.835. The molecule has 0 fully saturated rings.